The Morgan fingerprint density at radius 2 is 1.10 bits per heavy atom. The van der Waals surface area contributed by atoms with Gasteiger partial charge in [0.25, 0.3) is 0 Å². The monoisotopic (exact) mass is 672 g/mol. The van der Waals surface area contributed by atoms with Crippen LogP contribution in [0.2, 0.25) is 0 Å². The highest BCUT2D eigenvalue weighted by atomic mass is 127. The van der Waals surface area contributed by atoms with E-state index in [1.807, 2.05) is 0 Å². The fraction of sp³-hybridized carbons (Fsp3) is 0.500. The molecule has 0 aliphatic heterocycles. The third-order valence-corrected chi connectivity index (χ3v) is 14.0. The number of halogens is 1. The van der Waals surface area contributed by atoms with Gasteiger partial charge in [-0.25, -0.2) is 0 Å². The molecule has 39 heavy (non-hydrogen) atoms. The van der Waals surface area contributed by atoms with E-state index in [0.29, 0.717) is 5.92 Å². The van der Waals surface area contributed by atoms with Crippen LogP contribution in [0.15, 0.2) is 84.9 Å². The molecule has 0 aromatic heterocycles. The molecule has 2 aliphatic rings. The second-order valence-corrected chi connectivity index (χ2v) is 15.7. The Bertz CT molecular complexity index is 1040. The van der Waals surface area contributed by atoms with E-state index < -0.39 is 7.26 Å². The molecule has 3 aromatic carbocycles. The maximum Gasteiger partial charge on any atom is 0.109 e. The first-order valence-electron chi connectivity index (χ1n) is 15.3. The van der Waals surface area contributed by atoms with Crippen molar-refractivity contribution in [2.75, 3.05) is 6.66 Å². The summed E-state index contributed by atoms with van der Waals surface area (Å²) in [5.41, 5.74) is 1.64. The number of benzene rings is 3. The Morgan fingerprint density at radius 1 is 0.615 bits per heavy atom. The van der Waals surface area contributed by atoms with Gasteiger partial charge in [-0.15, -0.1) is 0 Å². The van der Waals surface area contributed by atoms with Crippen LogP contribution in [0.3, 0.4) is 0 Å². The molecule has 1 atom stereocenters. The normalized spacial score (nSPS) is 23.3. The van der Waals surface area contributed by atoms with Crippen molar-refractivity contribution in [1.29, 1.82) is 0 Å². The quantitative estimate of drug-likeness (QED) is 0.142. The highest BCUT2D eigenvalue weighted by molar-refractivity contribution is 7.95. The van der Waals surface area contributed by atoms with Crippen molar-refractivity contribution in [3.8, 4) is 0 Å². The first kappa shape index (κ1) is 32.8. The van der Waals surface area contributed by atoms with Gasteiger partial charge in [0.2, 0.25) is 0 Å². The summed E-state index contributed by atoms with van der Waals surface area (Å²) in [6.45, 7) is 4.89. The zero-order valence-corrected chi connectivity index (χ0v) is 28.9. The average molecular weight is 673 g/mol. The molecule has 2 fully saturated rings. The summed E-state index contributed by atoms with van der Waals surface area (Å²) in [6.07, 6.45) is 17.4. The van der Waals surface area contributed by atoms with Crippen molar-refractivity contribution in [2.45, 2.75) is 89.9 Å². The van der Waals surface area contributed by atoms with Crippen molar-refractivity contribution >= 4 is 33.1 Å². The van der Waals surface area contributed by atoms with Crippen LogP contribution in [0, 0.1) is 17.8 Å². The van der Waals surface area contributed by atoms with E-state index in [1.165, 1.54) is 87.7 Å². The van der Waals surface area contributed by atoms with Gasteiger partial charge in [0, 0.05) is 0 Å². The van der Waals surface area contributed by atoms with Gasteiger partial charge in [-0.2, -0.15) is 9.90 Å². The Morgan fingerprint density at radius 3 is 1.64 bits per heavy atom. The van der Waals surface area contributed by atoms with Gasteiger partial charge >= 0.3 is 0 Å². The van der Waals surface area contributed by atoms with Crippen LogP contribution in [0.5, 0.6) is 0 Å². The van der Waals surface area contributed by atoms with E-state index >= 15 is 0 Å². The second-order valence-electron chi connectivity index (χ2n) is 12.1. The lowest BCUT2D eigenvalue weighted by Gasteiger charge is -2.38. The predicted octanol–water partition coefficient (Wildman–Crippen LogP) is 6.33. The third kappa shape index (κ3) is 7.76. The molecular formula is C36H51IP2. The van der Waals surface area contributed by atoms with Crippen LogP contribution in [0.1, 0.15) is 95.5 Å². The van der Waals surface area contributed by atoms with Crippen LogP contribution < -0.4 is 39.9 Å². The molecule has 0 saturated heterocycles. The number of unbranched alkanes of at least 4 members (excludes halogenated alkanes) is 2. The summed E-state index contributed by atoms with van der Waals surface area (Å²) in [7, 11) is -1.69. The van der Waals surface area contributed by atoms with E-state index in [-0.39, 0.29) is 33.9 Å². The fourth-order valence-electron chi connectivity index (χ4n) is 7.65. The molecule has 0 amide bonds. The molecule has 2 aliphatic carbocycles. The van der Waals surface area contributed by atoms with Crippen molar-refractivity contribution in [2.24, 2.45) is 17.8 Å². The summed E-state index contributed by atoms with van der Waals surface area (Å²) in [5.74, 6) is 3.72. The van der Waals surface area contributed by atoms with Crippen LogP contribution in [-0.4, -0.2) is 6.66 Å². The molecule has 0 N–H and O–H groups in total. The molecule has 0 spiro atoms. The van der Waals surface area contributed by atoms with Gasteiger partial charge in [-0.05, 0) is 98.1 Å². The van der Waals surface area contributed by atoms with Crippen LogP contribution in [0.25, 0.3) is 0 Å². The molecule has 5 rings (SSSR count). The smallest absolute Gasteiger partial charge is 0.109 e. The Labute approximate surface area is 260 Å². The van der Waals surface area contributed by atoms with E-state index in [2.05, 4.69) is 98.5 Å². The highest BCUT2D eigenvalue weighted by Crippen LogP contribution is 2.54. The van der Waals surface area contributed by atoms with E-state index in [9.17, 15) is 0 Å². The average Bonchev–Trinajstić information content (AvgIpc) is 2.98. The summed E-state index contributed by atoms with van der Waals surface area (Å²) in [4.78, 5) is 0. The third-order valence-electron chi connectivity index (χ3n) is 9.95. The van der Waals surface area contributed by atoms with Gasteiger partial charge in [0.15, 0.2) is 0 Å². The fourth-order valence-corrected chi connectivity index (χ4v) is 11.2. The number of rotatable bonds is 9. The molecule has 3 heteroatoms. The first-order valence-corrected chi connectivity index (χ1v) is 17.5. The standard InChI is InChI=1S/C36H48P.HI.H3P/c1-3-4-7-14-29-21-23-30(24-22-29)31-25-27-32(28-26-31)35-19-12-13-20-36(35)37(2,33-15-8-5-9-16-33)34-17-10-6-11-18-34;;/h5-6,8-13,15-20,29-32H,3-4,7,14,21-28H2,1-2H3;1H;1H3/q+1;;/p-1. The molecule has 0 heterocycles. The van der Waals surface area contributed by atoms with Crippen molar-refractivity contribution in [3.05, 3.63) is 90.5 Å². The largest absolute Gasteiger partial charge is 1.00 e. The van der Waals surface area contributed by atoms with Gasteiger partial charge < -0.3 is 24.0 Å². The minimum Gasteiger partial charge on any atom is -1.00 e. The highest BCUT2D eigenvalue weighted by Gasteiger charge is 2.43. The van der Waals surface area contributed by atoms with E-state index in [4.69, 9.17) is 0 Å². The molecule has 0 radical (unpaired) electrons. The SMILES string of the molecule is CCCCCC1CCC(C2CCC(c3ccccc3[P+](C)(c3ccccc3)c3ccccc3)CC2)CC1.P.[I-]. The second kappa shape index (κ2) is 16.0. The topological polar surface area (TPSA) is 0 Å². The van der Waals surface area contributed by atoms with Gasteiger partial charge in [-0.1, -0.05) is 100 Å². The first-order chi connectivity index (χ1) is 18.2. The minimum atomic E-state index is -1.69. The van der Waals surface area contributed by atoms with E-state index in [1.54, 1.807) is 10.9 Å². The minimum absolute atomic E-state index is 0. The van der Waals surface area contributed by atoms with Gasteiger partial charge in [-0.3, -0.25) is 0 Å². The molecule has 3 aromatic rings. The summed E-state index contributed by atoms with van der Waals surface area (Å²) >= 11 is 0. The molecular weight excluding hydrogens is 621 g/mol. The molecule has 2 saturated carbocycles. The van der Waals surface area contributed by atoms with Crippen molar-refractivity contribution < 1.29 is 24.0 Å². The summed E-state index contributed by atoms with van der Waals surface area (Å²) in [5, 5.41) is 4.61. The van der Waals surface area contributed by atoms with Crippen LogP contribution >= 0.6 is 17.2 Å². The number of hydrogen-bond acceptors (Lipinski definition) is 0. The maximum absolute atomic E-state index is 2.56. The molecule has 0 nitrogen and oxygen atoms in total. The number of hydrogen-bond donors (Lipinski definition) is 0. The lowest BCUT2D eigenvalue weighted by molar-refractivity contribution is -0.00000771. The molecule has 0 bridgehead atoms. The zero-order chi connectivity index (χ0) is 25.5. The summed E-state index contributed by atoms with van der Waals surface area (Å²) in [6, 6.07) is 32.2. The van der Waals surface area contributed by atoms with E-state index in [0.717, 1.165) is 17.8 Å². The van der Waals surface area contributed by atoms with Crippen molar-refractivity contribution in [3.63, 3.8) is 0 Å². The Hall–Kier alpha value is -0.750. The predicted molar refractivity (Wildman–Crippen MR) is 176 cm³/mol. The van der Waals surface area contributed by atoms with Crippen LogP contribution in [-0.2, 0) is 0 Å². The maximum atomic E-state index is 2.56. The zero-order valence-electron chi connectivity index (χ0n) is 24.4. The van der Waals surface area contributed by atoms with Gasteiger partial charge in [0.05, 0.1) is 6.66 Å². The Balaban J connectivity index is 0.00000210. The molecule has 1 unspecified atom stereocenters. The van der Waals surface area contributed by atoms with Crippen LogP contribution in [0.4, 0.5) is 0 Å². The lowest BCUT2D eigenvalue weighted by atomic mass is 9.68. The summed E-state index contributed by atoms with van der Waals surface area (Å²) < 4.78 is 0. The van der Waals surface area contributed by atoms with Crippen molar-refractivity contribution in [1.82, 2.24) is 0 Å². The lowest BCUT2D eigenvalue weighted by Crippen LogP contribution is -3.00. The van der Waals surface area contributed by atoms with Gasteiger partial charge in [0.1, 0.15) is 23.2 Å². The molecule has 212 valence electrons. The Kier molecular flexibility index (Phi) is 13.5.